The molecule has 0 spiro atoms. The van der Waals surface area contributed by atoms with E-state index in [4.69, 9.17) is 17.3 Å². The second-order valence-electron chi connectivity index (χ2n) is 4.67. The van der Waals surface area contributed by atoms with Gasteiger partial charge in [-0.25, -0.2) is 4.99 Å². The van der Waals surface area contributed by atoms with E-state index in [1.807, 2.05) is 0 Å². The highest BCUT2D eigenvalue weighted by Crippen LogP contribution is 2.29. The fourth-order valence-electron chi connectivity index (χ4n) is 1.97. The molecular formula is C12H17ClN4. The van der Waals surface area contributed by atoms with Crippen LogP contribution in [0.25, 0.3) is 0 Å². The van der Waals surface area contributed by atoms with Crippen molar-refractivity contribution in [2.45, 2.75) is 19.8 Å². The zero-order chi connectivity index (χ0) is 12.3. The topological polar surface area (TPSA) is 63.3 Å². The Balaban J connectivity index is 2.21. The van der Waals surface area contributed by atoms with E-state index < -0.39 is 0 Å². The molecule has 0 radical (unpaired) electrons. The molecule has 0 atom stereocenters. The number of halogens is 1. The molecule has 1 fully saturated rings. The van der Waals surface area contributed by atoms with Crippen molar-refractivity contribution in [2.24, 2.45) is 16.1 Å². The Hall–Kier alpha value is -1.13. The first-order valence-electron chi connectivity index (χ1n) is 5.76. The van der Waals surface area contributed by atoms with Crippen LogP contribution in [-0.2, 0) is 0 Å². The van der Waals surface area contributed by atoms with Gasteiger partial charge in [-0.05, 0) is 32.0 Å². The Bertz CT molecular complexity index is 424. The lowest BCUT2D eigenvalue weighted by Gasteiger charge is -2.33. The van der Waals surface area contributed by atoms with Crippen LogP contribution in [0.3, 0.4) is 0 Å². The minimum absolute atomic E-state index is 0.0203. The SMILES string of the molecule is CC1(C(N)=Nc2cncc(Cl)c2)CCNCC1. The Kier molecular flexibility index (Phi) is 3.64. The van der Waals surface area contributed by atoms with Crippen molar-refractivity contribution in [3.05, 3.63) is 23.5 Å². The molecule has 0 aromatic carbocycles. The molecule has 0 unspecified atom stereocenters. The van der Waals surface area contributed by atoms with E-state index in [-0.39, 0.29) is 5.41 Å². The smallest absolute Gasteiger partial charge is 0.106 e. The maximum absolute atomic E-state index is 6.12. The lowest BCUT2D eigenvalue weighted by molar-refractivity contribution is 0.326. The maximum Gasteiger partial charge on any atom is 0.106 e. The predicted molar refractivity (Wildman–Crippen MR) is 70.7 cm³/mol. The number of amidine groups is 1. The van der Waals surface area contributed by atoms with Crippen LogP contribution in [0, 0.1) is 5.41 Å². The van der Waals surface area contributed by atoms with Gasteiger partial charge in [-0.3, -0.25) is 4.98 Å². The molecule has 1 aliphatic heterocycles. The Morgan fingerprint density at radius 1 is 1.47 bits per heavy atom. The summed E-state index contributed by atoms with van der Waals surface area (Å²) in [5, 5.41) is 3.90. The fraction of sp³-hybridized carbons (Fsp3) is 0.500. The highest BCUT2D eigenvalue weighted by atomic mass is 35.5. The molecule has 2 heterocycles. The van der Waals surface area contributed by atoms with Crippen LogP contribution in [0.4, 0.5) is 5.69 Å². The molecule has 1 aliphatic rings. The highest BCUT2D eigenvalue weighted by Gasteiger charge is 2.30. The van der Waals surface area contributed by atoms with Gasteiger partial charge in [0.1, 0.15) is 5.84 Å². The molecule has 2 rings (SSSR count). The summed E-state index contributed by atoms with van der Waals surface area (Å²) in [6, 6.07) is 1.77. The van der Waals surface area contributed by atoms with Crippen LogP contribution in [0.1, 0.15) is 19.8 Å². The van der Waals surface area contributed by atoms with Crippen LogP contribution in [0.5, 0.6) is 0 Å². The van der Waals surface area contributed by atoms with Crippen molar-refractivity contribution in [3.8, 4) is 0 Å². The maximum atomic E-state index is 6.12. The third-order valence-corrected chi connectivity index (χ3v) is 3.47. The fourth-order valence-corrected chi connectivity index (χ4v) is 2.14. The molecule has 3 N–H and O–H groups in total. The number of rotatable bonds is 2. The highest BCUT2D eigenvalue weighted by molar-refractivity contribution is 6.30. The van der Waals surface area contributed by atoms with Crippen LogP contribution in [-0.4, -0.2) is 23.9 Å². The zero-order valence-electron chi connectivity index (χ0n) is 9.91. The number of pyridine rings is 1. The molecule has 92 valence electrons. The van der Waals surface area contributed by atoms with Gasteiger partial charge in [0, 0.05) is 11.6 Å². The molecule has 0 aliphatic carbocycles. The molecule has 1 saturated heterocycles. The number of nitrogens with one attached hydrogen (secondary N) is 1. The summed E-state index contributed by atoms with van der Waals surface area (Å²) in [5.41, 5.74) is 6.81. The molecule has 0 bridgehead atoms. The van der Waals surface area contributed by atoms with Crippen LogP contribution in [0.2, 0.25) is 5.02 Å². The Morgan fingerprint density at radius 2 is 2.18 bits per heavy atom. The number of hydrogen-bond donors (Lipinski definition) is 2. The van der Waals surface area contributed by atoms with Crippen LogP contribution >= 0.6 is 11.6 Å². The summed E-state index contributed by atoms with van der Waals surface area (Å²) in [4.78, 5) is 8.43. The molecule has 0 saturated carbocycles. The summed E-state index contributed by atoms with van der Waals surface area (Å²) in [7, 11) is 0. The number of hydrogen-bond acceptors (Lipinski definition) is 3. The quantitative estimate of drug-likeness (QED) is 0.626. The summed E-state index contributed by atoms with van der Waals surface area (Å²) in [5.74, 6) is 0.670. The van der Waals surface area contributed by atoms with E-state index in [0.29, 0.717) is 10.9 Å². The summed E-state index contributed by atoms with van der Waals surface area (Å²) in [6.45, 7) is 4.13. The standard InChI is InChI=1S/C12H17ClN4/c1-12(2-4-15-5-3-12)11(14)17-10-6-9(13)7-16-8-10/h6-8,15H,2-5H2,1H3,(H2,14,17). The van der Waals surface area contributed by atoms with Crippen molar-refractivity contribution < 1.29 is 0 Å². The van der Waals surface area contributed by atoms with Crippen molar-refractivity contribution in [1.82, 2.24) is 10.3 Å². The number of aromatic nitrogens is 1. The van der Waals surface area contributed by atoms with E-state index in [1.165, 1.54) is 0 Å². The normalized spacial score (nSPS) is 20.2. The van der Waals surface area contributed by atoms with Gasteiger partial charge in [0.15, 0.2) is 0 Å². The number of nitrogens with two attached hydrogens (primary N) is 1. The second-order valence-corrected chi connectivity index (χ2v) is 5.11. The van der Waals surface area contributed by atoms with Crippen molar-refractivity contribution in [1.29, 1.82) is 0 Å². The molecule has 17 heavy (non-hydrogen) atoms. The number of nitrogens with zero attached hydrogens (tertiary/aromatic N) is 2. The molecule has 1 aromatic heterocycles. The van der Waals surface area contributed by atoms with Gasteiger partial charge in [-0.15, -0.1) is 0 Å². The lowest BCUT2D eigenvalue weighted by atomic mass is 9.80. The average molecular weight is 253 g/mol. The van der Waals surface area contributed by atoms with Crippen molar-refractivity contribution >= 4 is 23.1 Å². The molecule has 4 nitrogen and oxygen atoms in total. The third kappa shape index (κ3) is 2.96. The van der Waals surface area contributed by atoms with E-state index in [0.717, 1.165) is 31.6 Å². The largest absolute Gasteiger partial charge is 0.387 e. The molecule has 0 amide bonds. The Labute approximate surface area is 106 Å². The van der Waals surface area contributed by atoms with Crippen LogP contribution < -0.4 is 11.1 Å². The monoisotopic (exact) mass is 252 g/mol. The summed E-state index contributed by atoms with van der Waals surface area (Å²) in [6.07, 6.45) is 5.28. The molecule has 1 aromatic rings. The minimum atomic E-state index is -0.0203. The first kappa shape index (κ1) is 12.3. The van der Waals surface area contributed by atoms with Crippen molar-refractivity contribution in [3.63, 3.8) is 0 Å². The van der Waals surface area contributed by atoms with Gasteiger partial charge in [-0.2, -0.15) is 0 Å². The minimum Gasteiger partial charge on any atom is -0.387 e. The van der Waals surface area contributed by atoms with Crippen LogP contribution in [0.15, 0.2) is 23.5 Å². The van der Waals surface area contributed by atoms with Gasteiger partial charge in [-0.1, -0.05) is 18.5 Å². The molecule has 5 heteroatoms. The van der Waals surface area contributed by atoms with Gasteiger partial charge in [0.05, 0.1) is 16.9 Å². The second kappa shape index (κ2) is 5.02. The Morgan fingerprint density at radius 3 is 2.82 bits per heavy atom. The first-order chi connectivity index (χ1) is 8.10. The number of aliphatic imine (C=N–C) groups is 1. The van der Waals surface area contributed by atoms with Gasteiger partial charge >= 0.3 is 0 Å². The lowest BCUT2D eigenvalue weighted by Crippen LogP contribution is -2.43. The van der Waals surface area contributed by atoms with E-state index in [1.54, 1.807) is 18.5 Å². The van der Waals surface area contributed by atoms with Gasteiger partial charge < -0.3 is 11.1 Å². The summed E-state index contributed by atoms with van der Waals surface area (Å²) >= 11 is 5.87. The van der Waals surface area contributed by atoms with E-state index in [9.17, 15) is 0 Å². The summed E-state index contributed by atoms with van der Waals surface area (Å²) < 4.78 is 0. The van der Waals surface area contributed by atoms with E-state index in [2.05, 4.69) is 22.2 Å². The van der Waals surface area contributed by atoms with Gasteiger partial charge in [0.25, 0.3) is 0 Å². The first-order valence-corrected chi connectivity index (χ1v) is 6.14. The van der Waals surface area contributed by atoms with Crippen molar-refractivity contribution in [2.75, 3.05) is 13.1 Å². The molecular weight excluding hydrogens is 236 g/mol. The van der Waals surface area contributed by atoms with E-state index >= 15 is 0 Å². The average Bonchev–Trinajstić information content (AvgIpc) is 2.30. The zero-order valence-corrected chi connectivity index (χ0v) is 10.7. The number of piperidine rings is 1. The van der Waals surface area contributed by atoms with Gasteiger partial charge in [0.2, 0.25) is 0 Å². The predicted octanol–water partition coefficient (Wildman–Crippen LogP) is 2.11. The third-order valence-electron chi connectivity index (χ3n) is 3.27.